The van der Waals surface area contributed by atoms with Gasteiger partial charge in [0.05, 0.1) is 0 Å². The Balaban J connectivity index is 2.52. The molecule has 2 nitrogen and oxygen atoms in total. The van der Waals surface area contributed by atoms with Gasteiger partial charge < -0.3 is 9.88 Å². The van der Waals surface area contributed by atoms with Crippen molar-refractivity contribution in [2.45, 2.75) is 0 Å². The molecule has 58 valence electrons. The minimum Gasteiger partial charge on any atom is -0.422 e. The van der Waals surface area contributed by atoms with Crippen LogP contribution in [0.1, 0.15) is 0 Å². The van der Waals surface area contributed by atoms with Crippen molar-refractivity contribution >= 4 is 13.3 Å². The predicted molar refractivity (Wildman–Crippen MR) is 44.2 cm³/mol. The molecule has 0 aliphatic carbocycles. The van der Waals surface area contributed by atoms with Crippen LogP contribution in [0.5, 0.6) is 0 Å². The highest BCUT2D eigenvalue weighted by molar-refractivity contribution is 6.32. The Kier molecular flexibility index (Phi) is 2.92. The van der Waals surface area contributed by atoms with Gasteiger partial charge in [0.25, 0.3) is 0 Å². The molecule has 1 aromatic rings. The molecule has 0 bridgehead atoms. The normalized spacial score (nSPS) is 9.27. The fourth-order valence-corrected chi connectivity index (χ4v) is 0.723. The molecule has 11 heavy (non-hydrogen) atoms. The maximum Gasteiger partial charge on any atom is 0.393 e. The highest BCUT2D eigenvalue weighted by Gasteiger charge is 1.91. The van der Waals surface area contributed by atoms with Crippen LogP contribution in [0.3, 0.4) is 0 Å². The minimum atomic E-state index is -0.229. The first-order valence-corrected chi connectivity index (χ1v) is 3.31. The van der Waals surface area contributed by atoms with Crippen LogP contribution in [0.15, 0.2) is 24.3 Å². The van der Waals surface area contributed by atoms with Gasteiger partial charge in [-0.2, -0.15) is 0 Å². The van der Waals surface area contributed by atoms with Gasteiger partial charge in [0.15, 0.2) is 0 Å². The lowest BCUT2D eigenvalue weighted by Crippen LogP contribution is -2.07. The second-order valence-corrected chi connectivity index (χ2v) is 2.12. The van der Waals surface area contributed by atoms with Gasteiger partial charge in [-0.15, -0.1) is 0 Å². The van der Waals surface area contributed by atoms with Crippen LogP contribution in [-0.4, -0.2) is 14.7 Å². The van der Waals surface area contributed by atoms with Crippen molar-refractivity contribution in [1.82, 2.24) is 0 Å². The van der Waals surface area contributed by atoms with E-state index in [1.54, 1.807) is 19.2 Å². The number of hydrogen-bond acceptors (Lipinski definition) is 2. The van der Waals surface area contributed by atoms with Crippen LogP contribution in [0.25, 0.3) is 0 Å². The van der Waals surface area contributed by atoms with Crippen LogP contribution in [-0.2, 0) is 4.65 Å². The molecule has 0 saturated heterocycles. The third-order valence-corrected chi connectivity index (χ3v) is 1.26. The lowest BCUT2D eigenvalue weighted by Gasteiger charge is -2.01. The van der Waals surface area contributed by atoms with Crippen LogP contribution in [0, 0.1) is 5.82 Å². The Labute approximate surface area is 65.7 Å². The molecule has 1 aromatic carbocycles. The molecule has 0 heterocycles. The number of anilines is 1. The van der Waals surface area contributed by atoms with E-state index in [1.807, 2.05) is 0 Å². The second-order valence-electron chi connectivity index (χ2n) is 2.12. The Morgan fingerprint density at radius 3 is 2.55 bits per heavy atom. The van der Waals surface area contributed by atoms with Gasteiger partial charge in [-0.05, 0) is 24.3 Å². The van der Waals surface area contributed by atoms with Crippen molar-refractivity contribution in [3.63, 3.8) is 0 Å². The fourth-order valence-electron chi connectivity index (χ4n) is 0.723. The van der Waals surface area contributed by atoms with Gasteiger partial charge in [-0.25, -0.2) is 4.39 Å². The molecule has 0 spiro atoms. The van der Waals surface area contributed by atoms with E-state index in [1.165, 1.54) is 12.1 Å². The molecule has 0 radical (unpaired) electrons. The van der Waals surface area contributed by atoms with Crippen molar-refractivity contribution in [3.8, 4) is 0 Å². The van der Waals surface area contributed by atoms with Crippen LogP contribution in [0.4, 0.5) is 10.1 Å². The monoisotopic (exact) mass is 153 g/mol. The molecule has 0 aliphatic heterocycles. The predicted octanol–water partition coefficient (Wildman–Crippen LogP) is 1.15. The summed E-state index contributed by atoms with van der Waals surface area (Å²) >= 11 is 0. The number of benzene rings is 1. The highest BCUT2D eigenvalue weighted by atomic mass is 19.1. The largest absolute Gasteiger partial charge is 0.422 e. The van der Waals surface area contributed by atoms with E-state index in [-0.39, 0.29) is 5.82 Å². The lowest BCUT2D eigenvalue weighted by molar-refractivity contribution is 0.446. The molecule has 0 aromatic heterocycles. The summed E-state index contributed by atoms with van der Waals surface area (Å²) in [6, 6.07) is 6.12. The summed E-state index contributed by atoms with van der Waals surface area (Å²) in [5.41, 5.74) is 0.855. The van der Waals surface area contributed by atoms with Gasteiger partial charge in [-0.1, -0.05) is 0 Å². The van der Waals surface area contributed by atoms with E-state index in [4.69, 9.17) is 4.65 Å². The van der Waals surface area contributed by atoms with Crippen molar-refractivity contribution in [1.29, 1.82) is 0 Å². The summed E-state index contributed by atoms with van der Waals surface area (Å²) in [6.45, 7) is 0. The summed E-state index contributed by atoms with van der Waals surface area (Å²) in [5.74, 6) is -0.229. The zero-order valence-corrected chi connectivity index (χ0v) is 6.30. The SMILES string of the molecule is COBNc1ccc(F)cc1. The molecular weight excluding hydrogens is 144 g/mol. The summed E-state index contributed by atoms with van der Waals surface area (Å²) < 4.78 is 17.1. The molecule has 0 fully saturated rings. The third kappa shape index (κ3) is 2.59. The zero-order chi connectivity index (χ0) is 8.10. The minimum absolute atomic E-state index is 0.229. The second kappa shape index (κ2) is 3.98. The molecule has 4 heteroatoms. The fraction of sp³-hybridized carbons (Fsp3) is 0.143. The maximum absolute atomic E-state index is 12.3. The summed E-state index contributed by atoms with van der Waals surface area (Å²) in [4.78, 5) is 0. The van der Waals surface area contributed by atoms with Gasteiger partial charge in [0.2, 0.25) is 0 Å². The van der Waals surface area contributed by atoms with E-state index in [2.05, 4.69) is 5.23 Å². The van der Waals surface area contributed by atoms with Crippen molar-refractivity contribution in [2.75, 3.05) is 12.3 Å². The standard InChI is InChI=1S/C7H9BFNO/c1-11-8-10-7-4-2-6(9)3-5-7/h2-5,8,10H,1H3. The lowest BCUT2D eigenvalue weighted by atomic mass is 10.2. The third-order valence-electron chi connectivity index (χ3n) is 1.26. The summed E-state index contributed by atoms with van der Waals surface area (Å²) in [6.07, 6.45) is 0. The number of hydrogen-bond donors (Lipinski definition) is 1. The molecule has 1 rings (SSSR count). The Bertz CT molecular complexity index is 214. The van der Waals surface area contributed by atoms with Gasteiger partial charge in [-0.3, -0.25) is 0 Å². The molecule has 0 saturated carbocycles. The zero-order valence-electron chi connectivity index (χ0n) is 6.30. The first kappa shape index (κ1) is 8.08. The quantitative estimate of drug-likeness (QED) is 0.657. The highest BCUT2D eigenvalue weighted by Crippen LogP contribution is 2.06. The van der Waals surface area contributed by atoms with Crippen molar-refractivity contribution in [3.05, 3.63) is 30.1 Å². The van der Waals surface area contributed by atoms with Gasteiger partial charge >= 0.3 is 7.62 Å². The molecule has 0 atom stereocenters. The maximum atomic E-state index is 12.3. The molecular formula is C7H9BFNO. The number of nitrogens with one attached hydrogen (secondary N) is 1. The van der Waals surface area contributed by atoms with E-state index < -0.39 is 0 Å². The van der Waals surface area contributed by atoms with E-state index in [0.29, 0.717) is 7.62 Å². The molecule has 1 N–H and O–H groups in total. The first-order valence-electron chi connectivity index (χ1n) is 3.31. The van der Waals surface area contributed by atoms with Crippen molar-refractivity contribution < 1.29 is 9.04 Å². The Morgan fingerprint density at radius 2 is 2.00 bits per heavy atom. The van der Waals surface area contributed by atoms with Crippen LogP contribution >= 0.6 is 0 Å². The number of rotatable bonds is 3. The van der Waals surface area contributed by atoms with Crippen LogP contribution < -0.4 is 5.23 Å². The Morgan fingerprint density at radius 1 is 1.36 bits per heavy atom. The summed E-state index contributed by atoms with van der Waals surface area (Å²) in [7, 11) is 2.03. The molecule has 0 unspecified atom stereocenters. The molecule has 0 aliphatic rings. The average Bonchev–Trinajstić information content (AvgIpc) is 2.04. The smallest absolute Gasteiger partial charge is 0.393 e. The number of halogens is 1. The first-order chi connectivity index (χ1) is 5.33. The topological polar surface area (TPSA) is 21.3 Å². The van der Waals surface area contributed by atoms with Gasteiger partial charge in [0.1, 0.15) is 5.82 Å². The van der Waals surface area contributed by atoms with Crippen LogP contribution in [0.2, 0.25) is 0 Å². The Hall–Kier alpha value is -1.03. The summed E-state index contributed by atoms with van der Waals surface area (Å²) in [5, 5.41) is 2.93. The van der Waals surface area contributed by atoms with E-state index >= 15 is 0 Å². The van der Waals surface area contributed by atoms with E-state index in [0.717, 1.165) is 5.69 Å². The van der Waals surface area contributed by atoms with E-state index in [9.17, 15) is 4.39 Å². The van der Waals surface area contributed by atoms with Gasteiger partial charge in [0, 0.05) is 12.8 Å². The molecule has 0 amide bonds. The average molecular weight is 153 g/mol. The van der Waals surface area contributed by atoms with Crippen molar-refractivity contribution in [2.24, 2.45) is 0 Å².